The molecule has 1 fully saturated rings. The summed E-state index contributed by atoms with van der Waals surface area (Å²) in [6.07, 6.45) is 6.03. The second kappa shape index (κ2) is 8.31. The number of nitrogens with one attached hydrogen (secondary N) is 1. The van der Waals surface area contributed by atoms with Gasteiger partial charge in [-0.05, 0) is 44.0 Å². The molecule has 28 heavy (non-hydrogen) atoms. The minimum Gasteiger partial charge on any atom is -0.309 e. The largest absolute Gasteiger partial charge is 0.309 e. The van der Waals surface area contributed by atoms with Crippen molar-refractivity contribution >= 4 is 6.08 Å². The molecule has 0 bridgehead atoms. The first kappa shape index (κ1) is 18.3. The Balaban J connectivity index is 1.57. The van der Waals surface area contributed by atoms with Crippen LogP contribution in [0.5, 0.6) is 0 Å². The van der Waals surface area contributed by atoms with Crippen LogP contribution >= 0.6 is 0 Å². The molecule has 0 radical (unpaired) electrons. The van der Waals surface area contributed by atoms with Gasteiger partial charge in [-0.2, -0.15) is 0 Å². The molecule has 3 aromatic rings. The Morgan fingerprint density at radius 2 is 2.00 bits per heavy atom. The standard InChI is InChI=1S/C23H24N4O/c1-17(14-18-8-3-2-4-9-18)16-27-13-7-11-21(27)23-25-20(15-22(28)26-23)19-10-5-6-12-24-19/h2-6,8-10,12,14-15,21H,7,11,13,16H2,1H3,(H,25,26,28)/b17-14+. The molecule has 1 N–H and O–H groups in total. The Kier molecular flexibility index (Phi) is 5.44. The fourth-order valence-corrected chi connectivity index (χ4v) is 3.80. The lowest BCUT2D eigenvalue weighted by Gasteiger charge is -2.24. The molecular weight excluding hydrogens is 348 g/mol. The van der Waals surface area contributed by atoms with Crippen LogP contribution < -0.4 is 5.56 Å². The summed E-state index contributed by atoms with van der Waals surface area (Å²) in [6.45, 7) is 4.02. The molecule has 0 amide bonds. The van der Waals surface area contributed by atoms with E-state index in [4.69, 9.17) is 4.98 Å². The van der Waals surface area contributed by atoms with Crippen molar-refractivity contribution in [1.29, 1.82) is 0 Å². The van der Waals surface area contributed by atoms with Crippen molar-refractivity contribution in [2.45, 2.75) is 25.8 Å². The van der Waals surface area contributed by atoms with E-state index in [-0.39, 0.29) is 11.6 Å². The maximum Gasteiger partial charge on any atom is 0.251 e. The summed E-state index contributed by atoms with van der Waals surface area (Å²) in [4.78, 5) is 26.7. The lowest BCUT2D eigenvalue weighted by Crippen LogP contribution is -2.28. The summed E-state index contributed by atoms with van der Waals surface area (Å²) in [5.74, 6) is 0.734. The quantitative estimate of drug-likeness (QED) is 0.733. The molecule has 1 unspecified atom stereocenters. The summed E-state index contributed by atoms with van der Waals surface area (Å²) in [7, 11) is 0. The highest BCUT2D eigenvalue weighted by molar-refractivity contribution is 5.53. The van der Waals surface area contributed by atoms with E-state index in [1.165, 1.54) is 17.2 Å². The van der Waals surface area contributed by atoms with Gasteiger partial charge in [-0.3, -0.25) is 14.7 Å². The van der Waals surface area contributed by atoms with E-state index in [9.17, 15) is 4.79 Å². The Morgan fingerprint density at radius 1 is 1.18 bits per heavy atom. The highest BCUT2D eigenvalue weighted by atomic mass is 16.1. The highest BCUT2D eigenvalue weighted by Gasteiger charge is 2.28. The second-order valence-corrected chi connectivity index (χ2v) is 7.26. The summed E-state index contributed by atoms with van der Waals surface area (Å²) in [5, 5.41) is 0. The zero-order valence-electron chi connectivity index (χ0n) is 16.0. The number of likely N-dealkylation sites (tertiary alicyclic amines) is 1. The van der Waals surface area contributed by atoms with E-state index in [0.717, 1.165) is 37.4 Å². The van der Waals surface area contributed by atoms with Crippen LogP contribution in [0.25, 0.3) is 17.5 Å². The van der Waals surface area contributed by atoms with Gasteiger partial charge in [-0.15, -0.1) is 0 Å². The predicted octanol–water partition coefficient (Wildman–Crippen LogP) is 4.07. The number of aromatic nitrogens is 3. The number of hydrogen-bond acceptors (Lipinski definition) is 4. The third-order valence-electron chi connectivity index (χ3n) is 5.03. The van der Waals surface area contributed by atoms with Crippen molar-refractivity contribution in [2.24, 2.45) is 0 Å². The molecule has 0 spiro atoms. The molecule has 1 aromatic carbocycles. The summed E-state index contributed by atoms with van der Waals surface area (Å²) >= 11 is 0. The van der Waals surface area contributed by atoms with Gasteiger partial charge in [0.15, 0.2) is 0 Å². The van der Waals surface area contributed by atoms with E-state index in [2.05, 4.69) is 52.1 Å². The summed E-state index contributed by atoms with van der Waals surface area (Å²) in [5.41, 5.74) is 3.72. The third-order valence-corrected chi connectivity index (χ3v) is 5.03. The summed E-state index contributed by atoms with van der Waals surface area (Å²) < 4.78 is 0. The van der Waals surface area contributed by atoms with E-state index in [0.29, 0.717) is 5.69 Å². The number of benzene rings is 1. The van der Waals surface area contributed by atoms with Crippen LogP contribution in [0.3, 0.4) is 0 Å². The average Bonchev–Trinajstić information content (AvgIpc) is 3.17. The molecule has 3 heterocycles. The third kappa shape index (κ3) is 4.26. The number of pyridine rings is 1. The van der Waals surface area contributed by atoms with Crippen LogP contribution in [0.15, 0.2) is 71.2 Å². The van der Waals surface area contributed by atoms with Crippen LogP contribution in [-0.2, 0) is 0 Å². The van der Waals surface area contributed by atoms with Crippen molar-refractivity contribution in [1.82, 2.24) is 19.9 Å². The molecule has 142 valence electrons. The van der Waals surface area contributed by atoms with Gasteiger partial charge in [-0.25, -0.2) is 4.98 Å². The van der Waals surface area contributed by atoms with Gasteiger partial charge >= 0.3 is 0 Å². The highest BCUT2D eigenvalue weighted by Crippen LogP contribution is 2.30. The van der Waals surface area contributed by atoms with E-state index < -0.39 is 0 Å². The molecule has 5 nitrogen and oxygen atoms in total. The van der Waals surface area contributed by atoms with Gasteiger partial charge in [0.25, 0.3) is 5.56 Å². The molecule has 5 heteroatoms. The van der Waals surface area contributed by atoms with Crippen LogP contribution in [0.4, 0.5) is 0 Å². The topological polar surface area (TPSA) is 61.9 Å². The van der Waals surface area contributed by atoms with Crippen molar-refractivity contribution < 1.29 is 0 Å². The lowest BCUT2D eigenvalue weighted by molar-refractivity contribution is 0.270. The Hall–Kier alpha value is -3.05. The van der Waals surface area contributed by atoms with Gasteiger partial charge < -0.3 is 4.98 Å². The first-order valence-electron chi connectivity index (χ1n) is 9.68. The van der Waals surface area contributed by atoms with Crippen LogP contribution in [0.1, 0.15) is 37.2 Å². The lowest BCUT2D eigenvalue weighted by atomic mass is 10.1. The van der Waals surface area contributed by atoms with Crippen LogP contribution in [0.2, 0.25) is 0 Å². The van der Waals surface area contributed by atoms with Crippen molar-refractivity contribution in [3.05, 3.63) is 88.1 Å². The van der Waals surface area contributed by atoms with Gasteiger partial charge in [0.05, 0.1) is 17.4 Å². The predicted molar refractivity (Wildman–Crippen MR) is 112 cm³/mol. The molecule has 1 saturated heterocycles. The average molecular weight is 372 g/mol. The second-order valence-electron chi connectivity index (χ2n) is 7.26. The number of nitrogens with zero attached hydrogens (tertiary/aromatic N) is 3. The zero-order valence-corrected chi connectivity index (χ0v) is 16.0. The zero-order chi connectivity index (χ0) is 19.3. The van der Waals surface area contributed by atoms with Gasteiger partial charge in [0, 0.05) is 18.8 Å². The van der Waals surface area contributed by atoms with Gasteiger partial charge in [-0.1, -0.05) is 48.0 Å². The maximum atomic E-state index is 12.3. The Morgan fingerprint density at radius 3 is 2.79 bits per heavy atom. The molecule has 1 aliphatic rings. The molecule has 1 atom stereocenters. The van der Waals surface area contributed by atoms with E-state index >= 15 is 0 Å². The minimum atomic E-state index is -0.131. The SMILES string of the molecule is C/C(=C\c1ccccc1)CN1CCCC1c1nc(-c2ccccn2)cc(=O)[nH]1. The first-order valence-corrected chi connectivity index (χ1v) is 9.68. The minimum absolute atomic E-state index is 0.121. The van der Waals surface area contributed by atoms with E-state index in [1.54, 1.807) is 6.20 Å². The molecule has 4 rings (SSSR count). The van der Waals surface area contributed by atoms with Gasteiger partial charge in [0.1, 0.15) is 5.82 Å². The summed E-state index contributed by atoms with van der Waals surface area (Å²) in [6, 6.07) is 17.6. The number of aromatic amines is 1. The smallest absolute Gasteiger partial charge is 0.251 e. The number of rotatable bonds is 5. The monoisotopic (exact) mass is 372 g/mol. The Bertz CT molecular complexity index is 1010. The molecule has 2 aromatic heterocycles. The molecule has 0 saturated carbocycles. The number of H-pyrrole nitrogens is 1. The van der Waals surface area contributed by atoms with Crippen LogP contribution in [-0.4, -0.2) is 32.9 Å². The van der Waals surface area contributed by atoms with Crippen LogP contribution in [0, 0.1) is 0 Å². The molecule has 0 aliphatic carbocycles. The Labute approximate surface area is 164 Å². The molecular formula is C23H24N4O. The molecule has 1 aliphatic heterocycles. The maximum absolute atomic E-state index is 12.3. The van der Waals surface area contributed by atoms with E-state index in [1.807, 2.05) is 24.3 Å². The van der Waals surface area contributed by atoms with Gasteiger partial charge in [0.2, 0.25) is 0 Å². The normalized spacial score (nSPS) is 17.8. The fraction of sp³-hybridized carbons (Fsp3) is 0.261. The van der Waals surface area contributed by atoms with Crippen molar-refractivity contribution in [2.75, 3.05) is 13.1 Å². The van der Waals surface area contributed by atoms with Crippen molar-refractivity contribution in [3.63, 3.8) is 0 Å². The first-order chi connectivity index (χ1) is 13.7. The number of hydrogen-bond donors (Lipinski definition) is 1. The fourth-order valence-electron chi connectivity index (χ4n) is 3.80. The van der Waals surface area contributed by atoms with Crippen molar-refractivity contribution in [3.8, 4) is 11.4 Å².